The van der Waals surface area contributed by atoms with Gasteiger partial charge < -0.3 is 4.74 Å². The molecule has 1 aliphatic rings. The Morgan fingerprint density at radius 2 is 2.10 bits per heavy atom. The highest BCUT2D eigenvalue weighted by Gasteiger charge is 2.22. The number of aryl methyl sites for hydroxylation is 2. The molecule has 3 heterocycles. The van der Waals surface area contributed by atoms with Crippen LogP contribution in [0.1, 0.15) is 24.4 Å². The highest BCUT2D eigenvalue weighted by molar-refractivity contribution is 5.07. The van der Waals surface area contributed by atoms with E-state index >= 15 is 0 Å². The second-order valence-electron chi connectivity index (χ2n) is 5.39. The number of piperidine rings is 1. The number of likely N-dealkylation sites (tertiary alicyclic amines) is 1. The van der Waals surface area contributed by atoms with Gasteiger partial charge in [-0.3, -0.25) is 14.6 Å². The fourth-order valence-corrected chi connectivity index (χ4v) is 2.52. The van der Waals surface area contributed by atoms with Crippen molar-refractivity contribution in [2.24, 2.45) is 7.05 Å². The summed E-state index contributed by atoms with van der Waals surface area (Å²) in [6, 6.07) is 0. The van der Waals surface area contributed by atoms with E-state index in [1.165, 1.54) is 0 Å². The zero-order valence-corrected chi connectivity index (χ0v) is 12.4. The first-order valence-corrected chi connectivity index (χ1v) is 7.21. The molecule has 0 N–H and O–H groups in total. The van der Waals surface area contributed by atoms with Gasteiger partial charge in [0.1, 0.15) is 18.3 Å². The van der Waals surface area contributed by atoms with Crippen LogP contribution in [-0.4, -0.2) is 48.8 Å². The summed E-state index contributed by atoms with van der Waals surface area (Å²) in [4.78, 5) is 15.1. The Morgan fingerprint density at radius 1 is 1.29 bits per heavy atom. The number of aromatic nitrogens is 5. The monoisotopic (exact) mass is 288 g/mol. The van der Waals surface area contributed by atoms with E-state index in [1.807, 2.05) is 18.7 Å². The molecule has 1 aliphatic heterocycles. The first-order valence-electron chi connectivity index (χ1n) is 7.21. The van der Waals surface area contributed by atoms with Crippen molar-refractivity contribution in [3.63, 3.8) is 0 Å². The first kappa shape index (κ1) is 13.9. The van der Waals surface area contributed by atoms with Gasteiger partial charge in [-0.25, -0.2) is 9.97 Å². The predicted molar refractivity (Wildman–Crippen MR) is 76.7 cm³/mol. The highest BCUT2D eigenvalue weighted by atomic mass is 16.5. The van der Waals surface area contributed by atoms with Gasteiger partial charge in [0.25, 0.3) is 0 Å². The van der Waals surface area contributed by atoms with Gasteiger partial charge in [0.05, 0.1) is 18.4 Å². The van der Waals surface area contributed by atoms with Crippen LogP contribution in [0.2, 0.25) is 0 Å². The molecule has 1 saturated heterocycles. The molecule has 0 unspecified atom stereocenters. The fraction of sp³-hybridized carbons (Fsp3) is 0.571. The molecule has 2 aromatic rings. The van der Waals surface area contributed by atoms with Crippen molar-refractivity contribution >= 4 is 0 Å². The average molecular weight is 288 g/mol. The van der Waals surface area contributed by atoms with Gasteiger partial charge in [-0.05, 0) is 19.8 Å². The van der Waals surface area contributed by atoms with Crippen molar-refractivity contribution in [1.82, 2.24) is 29.6 Å². The maximum atomic E-state index is 5.91. The van der Waals surface area contributed by atoms with Gasteiger partial charge in [0.2, 0.25) is 5.88 Å². The van der Waals surface area contributed by atoms with Gasteiger partial charge in [-0.1, -0.05) is 0 Å². The van der Waals surface area contributed by atoms with Crippen molar-refractivity contribution in [2.75, 3.05) is 13.1 Å². The predicted octanol–water partition coefficient (Wildman–Crippen LogP) is 0.957. The molecule has 0 radical (unpaired) electrons. The van der Waals surface area contributed by atoms with Crippen LogP contribution in [0.3, 0.4) is 0 Å². The van der Waals surface area contributed by atoms with Crippen molar-refractivity contribution < 1.29 is 4.74 Å². The van der Waals surface area contributed by atoms with Crippen LogP contribution in [0, 0.1) is 6.92 Å². The summed E-state index contributed by atoms with van der Waals surface area (Å²) in [5.41, 5.74) is 0.882. The number of hydrogen-bond acceptors (Lipinski definition) is 6. The number of rotatable bonds is 4. The minimum atomic E-state index is 0.219. The van der Waals surface area contributed by atoms with Crippen LogP contribution in [0.4, 0.5) is 0 Å². The molecular weight excluding hydrogens is 268 g/mol. The molecule has 0 bridgehead atoms. The number of hydrogen-bond donors (Lipinski definition) is 0. The van der Waals surface area contributed by atoms with E-state index in [0.29, 0.717) is 5.88 Å². The Hall–Kier alpha value is -2.02. The van der Waals surface area contributed by atoms with Gasteiger partial charge in [-0.15, -0.1) is 0 Å². The zero-order valence-electron chi connectivity index (χ0n) is 12.4. The van der Waals surface area contributed by atoms with Crippen LogP contribution in [-0.2, 0) is 13.6 Å². The Morgan fingerprint density at radius 3 is 2.76 bits per heavy atom. The van der Waals surface area contributed by atoms with Crippen molar-refractivity contribution in [2.45, 2.75) is 32.4 Å². The molecule has 0 atom stereocenters. The van der Waals surface area contributed by atoms with E-state index in [4.69, 9.17) is 4.74 Å². The normalized spacial score (nSPS) is 17.0. The van der Waals surface area contributed by atoms with Crippen LogP contribution >= 0.6 is 0 Å². The smallest absolute Gasteiger partial charge is 0.232 e. The molecule has 0 aliphatic carbocycles. The Labute approximate surface area is 124 Å². The molecule has 2 aromatic heterocycles. The lowest BCUT2D eigenvalue weighted by molar-refractivity contribution is 0.0908. The number of nitrogens with zero attached hydrogens (tertiary/aromatic N) is 6. The second kappa shape index (κ2) is 6.17. The second-order valence-corrected chi connectivity index (χ2v) is 5.39. The van der Waals surface area contributed by atoms with E-state index in [0.717, 1.165) is 44.0 Å². The van der Waals surface area contributed by atoms with E-state index in [9.17, 15) is 0 Å². The van der Waals surface area contributed by atoms with Crippen LogP contribution < -0.4 is 4.74 Å². The lowest BCUT2D eigenvalue weighted by Crippen LogP contribution is -2.38. The standard InChI is InChI=1S/C14H20N6O/c1-11-7-15-8-14(18-11)21-12-3-5-20(6-4-12)9-13-16-10-17-19(13)2/h7-8,10,12H,3-6,9H2,1-2H3. The van der Waals surface area contributed by atoms with E-state index < -0.39 is 0 Å². The van der Waals surface area contributed by atoms with Gasteiger partial charge >= 0.3 is 0 Å². The van der Waals surface area contributed by atoms with Crippen molar-refractivity contribution in [3.8, 4) is 5.88 Å². The third-order valence-electron chi connectivity index (χ3n) is 3.73. The topological polar surface area (TPSA) is 69.0 Å². The van der Waals surface area contributed by atoms with E-state index in [-0.39, 0.29) is 6.10 Å². The molecule has 3 rings (SSSR count). The van der Waals surface area contributed by atoms with Gasteiger partial charge in [0.15, 0.2) is 0 Å². The van der Waals surface area contributed by atoms with Crippen LogP contribution in [0.15, 0.2) is 18.7 Å². The van der Waals surface area contributed by atoms with Gasteiger partial charge in [-0.2, -0.15) is 5.10 Å². The lowest BCUT2D eigenvalue weighted by Gasteiger charge is -2.31. The van der Waals surface area contributed by atoms with Gasteiger partial charge in [0, 0.05) is 26.3 Å². The summed E-state index contributed by atoms with van der Waals surface area (Å²) in [5, 5.41) is 4.10. The molecule has 0 aromatic carbocycles. The molecule has 7 nitrogen and oxygen atoms in total. The summed E-state index contributed by atoms with van der Waals surface area (Å²) in [6.07, 6.45) is 7.22. The molecule has 0 spiro atoms. The number of ether oxygens (including phenoxy) is 1. The third-order valence-corrected chi connectivity index (χ3v) is 3.73. The summed E-state index contributed by atoms with van der Waals surface area (Å²) in [5.74, 6) is 1.63. The molecule has 0 amide bonds. The maximum absolute atomic E-state index is 5.91. The van der Waals surface area contributed by atoms with Crippen LogP contribution in [0.25, 0.3) is 0 Å². The molecular formula is C14H20N6O. The summed E-state index contributed by atoms with van der Waals surface area (Å²) < 4.78 is 7.73. The van der Waals surface area contributed by atoms with E-state index in [1.54, 1.807) is 18.7 Å². The quantitative estimate of drug-likeness (QED) is 0.834. The molecule has 1 fully saturated rings. The zero-order chi connectivity index (χ0) is 14.7. The third kappa shape index (κ3) is 3.55. The summed E-state index contributed by atoms with van der Waals surface area (Å²) in [6.45, 7) is 4.75. The van der Waals surface area contributed by atoms with E-state index in [2.05, 4.69) is 25.0 Å². The average Bonchev–Trinajstić information content (AvgIpc) is 2.87. The molecule has 112 valence electrons. The fourth-order valence-electron chi connectivity index (χ4n) is 2.52. The summed E-state index contributed by atoms with van der Waals surface area (Å²) in [7, 11) is 1.93. The Bertz CT molecular complexity index is 591. The van der Waals surface area contributed by atoms with Crippen molar-refractivity contribution in [1.29, 1.82) is 0 Å². The lowest BCUT2D eigenvalue weighted by atomic mass is 10.1. The van der Waals surface area contributed by atoms with Crippen molar-refractivity contribution in [3.05, 3.63) is 30.2 Å². The Balaban J connectivity index is 1.50. The highest BCUT2D eigenvalue weighted by Crippen LogP contribution is 2.17. The largest absolute Gasteiger partial charge is 0.473 e. The van der Waals surface area contributed by atoms with Crippen LogP contribution in [0.5, 0.6) is 5.88 Å². The molecule has 21 heavy (non-hydrogen) atoms. The maximum Gasteiger partial charge on any atom is 0.232 e. The summed E-state index contributed by atoms with van der Waals surface area (Å²) >= 11 is 0. The molecule has 0 saturated carbocycles. The SMILES string of the molecule is Cc1cncc(OC2CCN(Cc3ncnn3C)CC2)n1. The Kier molecular flexibility index (Phi) is 4.10. The minimum Gasteiger partial charge on any atom is -0.473 e. The first-order chi connectivity index (χ1) is 10.2. The minimum absolute atomic E-state index is 0.219. The molecule has 7 heteroatoms.